The van der Waals surface area contributed by atoms with Gasteiger partial charge in [0.25, 0.3) is 5.91 Å². The molecule has 0 aromatic heterocycles. The first-order valence-electron chi connectivity index (χ1n) is 10.7. The lowest BCUT2D eigenvalue weighted by atomic mass is 10.00. The highest BCUT2D eigenvalue weighted by Crippen LogP contribution is 2.37. The highest BCUT2D eigenvalue weighted by Gasteiger charge is 2.24. The molecule has 2 amide bonds. The molecule has 0 spiro atoms. The SMILES string of the molecule is CN1C(=O)CSc2ccc(-c3ccc(C[C@@H](C#N)NC(=O)C4CNCCCO4)cc3)cc21. The fraction of sp³-hybridized carbons (Fsp3) is 0.375. The van der Waals surface area contributed by atoms with Crippen molar-refractivity contribution in [2.75, 3.05) is 37.4 Å². The molecule has 32 heavy (non-hydrogen) atoms. The minimum atomic E-state index is -0.624. The summed E-state index contributed by atoms with van der Waals surface area (Å²) >= 11 is 1.56. The zero-order valence-corrected chi connectivity index (χ0v) is 18.8. The van der Waals surface area contributed by atoms with Gasteiger partial charge in [0, 0.05) is 31.5 Å². The number of rotatable bonds is 5. The molecule has 2 atom stereocenters. The predicted octanol–water partition coefficient (Wildman–Crippen LogP) is 2.35. The molecular formula is C24H26N4O3S. The van der Waals surface area contributed by atoms with E-state index < -0.39 is 12.1 Å². The van der Waals surface area contributed by atoms with Crippen molar-refractivity contribution in [3.8, 4) is 17.2 Å². The first kappa shape index (κ1) is 22.3. The monoisotopic (exact) mass is 450 g/mol. The highest BCUT2D eigenvalue weighted by atomic mass is 32.2. The van der Waals surface area contributed by atoms with Crippen molar-refractivity contribution in [1.82, 2.24) is 10.6 Å². The van der Waals surface area contributed by atoms with Gasteiger partial charge < -0.3 is 20.3 Å². The Morgan fingerprint density at radius 1 is 1.31 bits per heavy atom. The zero-order valence-electron chi connectivity index (χ0n) is 18.0. The second kappa shape index (κ2) is 10.2. The Labute approximate surface area is 192 Å². The highest BCUT2D eigenvalue weighted by molar-refractivity contribution is 8.00. The summed E-state index contributed by atoms with van der Waals surface area (Å²) in [5.74, 6) is 0.315. The minimum Gasteiger partial charge on any atom is -0.367 e. The summed E-state index contributed by atoms with van der Waals surface area (Å²) < 4.78 is 5.57. The van der Waals surface area contributed by atoms with Gasteiger partial charge >= 0.3 is 0 Å². The quantitative estimate of drug-likeness (QED) is 0.726. The predicted molar refractivity (Wildman–Crippen MR) is 124 cm³/mol. The van der Waals surface area contributed by atoms with E-state index in [0.717, 1.165) is 40.2 Å². The van der Waals surface area contributed by atoms with Crippen LogP contribution in [0.2, 0.25) is 0 Å². The van der Waals surface area contributed by atoms with E-state index >= 15 is 0 Å². The molecule has 0 radical (unpaired) electrons. The number of amides is 2. The van der Waals surface area contributed by atoms with Crippen LogP contribution in [0.3, 0.4) is 0 Å². The number of fused-ring (bicyclic) bond motifs is 1. The Morgan fingerprint density at radius 2 is 2.09 bits per heavy atom. The summed E-state index contributed by atoms with van der Waals surface area (Å²) in [6, 6.07) is 15.6. The van der Waals surface area contributed by atoms with Crippen LogP contribution in [0, 0.1) is 11.3 Å². The topological polar surface area (TPSA) is 94.5 Å². The van der Waals surface area contributed by atoms with Crippen LogP contribution in [0.15, 0.2) is 47.4 Å². The Balaban J connectivity index is 1.41. The third-order valence-corrected chi connectivity index (χ3v) is 6.73. The lowest BCUT2D eigenvalue weighted by Crippen LogP contribution is -2.46. The average Bonchev–Trinajstić information content (AvgIpc) is 3.11. The second-order valence-electron chi connectivity index (χ2n) is 7.93. The van der Waals surface area contributed by atoms with E-state index in [1.807, 2.05) is 30.3 Å². The Morgan fingerprint density at radius 3 is 2.88 bits per heavy atom. The number of carbonyl (C=O) groups is 2. The number of hydrogen-bond donors (Lipinski definition) is 2. The number of benzene rings is 2. The first-order valence-corrected chi connectivity index (χ1v) is 11.7. The van der Waals surface area contributed by atoms with E-state index in [9.17, 15) is 14.9 Å². The fourth-order valence-corrected chi connectivity index (χ4v) is 4.78. The Hall–Kier alpha value is -2.86. The van der Waals surface area contributed by atoms with Crippen LogP contribution < -0.4 is 15.5 Å². The fourth-order valence-electron chi connectivity index (χ4n) is 3.80. The zero-order chi connectivity index (χ0) is 22.5. The maximum atomic E-state index is 12.5. The third kappa shape index (κ3) is 5.13. The standard InChI is InChI=1S/C24H26N4O3S/c1-28-20-12-18(7-8-22(20)32-15-23(28)29)17-5-3-16(4-6-17)11-19(13-25)27-24(30)21-14-26-9-2-10-31-21/h3-8,12,19,21,26H,2,9-11,14-15H2,1H3,(H,27,30)/t19-,21?/m0/s1. The molecule has 0 aliphatic carbocycles. The van der Waals surface area contributed by atoms with Gasteiger partial charge in [0.1, 0.15) is 12.1 Å². The molecule has 2 N–H and O–H groups in total. The smallest absolute Gasteiger partial charge is 0.251 e. The molecule has 166 valence electrons. The molecule has 2 aliphatic rings. The maximum absolute atomic E-state index is 12.5. The van der Waals surface area contributed by atoms with Crippen molar-refractivity contribution in [3.63, 3.8) is 0 Å². The van der Waals surface area contributed by atoms with Gasteiger partial charge in [-0.25, -0.2) is 0 Å². The van der Waals surface area contributed by atoms with E-state index in [1.165, 1.54) is 0 Å². The number of hydrogen-bond acceptors (Lipinski definition) is 6. The number of ether oxygens (including phenoxy) is 1. The summed E-state index contributed by atoms with van der Waals surface area (Å²) in [5, 5.41) is 15.5. The lowest BCUT2D eigenvalue weighted by molar-refractivity contribution is -0.132. The number of nitrogens with one attached hydrogen (secondary N) is 2. The summed E-state index contributed by atoms with van der Waals surface area (Å²) in [7, 11) is 1.81. The summed E-state index contributed by atoms with van der Waals surface area (Å²) in [5.41, 5.74) is 3.95. The van der Waals surface area contributed by atoms with Crippen molar-refractivity contribution >= 4 is 29.3 Å². The number of anilines is 1. The number of nitriles is 1. The van der Waals surface area contributed by atoms with Crippen molar-refractivity contribution in [2.45, 2.75) is 29.9 Å². The minimum absolute atomic E-state index is 0.102. The Bertz CT molecular complexity index is 1030. The van der Waals surface area contributed by atoms with Crippen LogP contribution in [0.5, 0.6) is 0 Å². The number of thioether (sulfide) groups is 1. The molecular weight excluding hydrogens is 424 g/mol. The van der Waals surface area contributed by atoms with Crippen molar-refractivity contribution in [1.29, 1.82) is 5.26 Å². The normalized spacial score (nSPS) is 19.4. The third-order valence-electron chi connectivity index (χ3n) is 5.68. The lowest BCUT2D eigenvalue weighted by Gasteiger charge is -2.25. The number of nitrogens with zero attached hydrogens (tertiary/aromatic N) is 2. The van der Waals surface area contributed by atoms with Gasteiger partial charge in [-0.3, -0.25) is 9.59 Å². The van der Waals surface area contributed by atoms with E-state index in [0.29, 0.717) is 25.3 Å². The molecule has 0 saturated carbocycles. The molecule has 4 rings (SSSR count). The van der Waals surface area contributed by atoms with Crippen LogP contribution >= 0.6 is 11.8 Å². The molecule has 0 bridgehead atoms. The van der Waals surface area contributed by atoms with Gasteiger partial charge in [-0.2, -0.15) is 5.26 Å². The number of carbonyl (C=O) groups excluding carboxylic acids is 2. The molecule has 7 nitrogen and oxygen atoms in total. The molecule has 1 saturated heterocycles. The molecule has 2 aliphatic heterocycles. The molecule has 2 aromatic rings. The molecule has 1 unspecified atom stereocenters. The van der Waals surface area contributed by atoms with Crippen LogP contribution in [0.1, 0.15) is 12.0 Å². The molecule has 2 aromatic carbocycles. The van der Waals surface area contributed by atoms with E-state index in [1.54, 1.807) is 23.7 Å². The van der Waals surface area contributed by atoms with Crippen LogP contribution in [0.4, 0.5) is 5.69 Å². The van der Waals surface area contributed by atoms with Gasteiger partial charge in [-0.15, -0.1) is 11.8 Å². The van der Waals surface area contributed by atoms with Gasteiger partial charge in [0.15, 0.2) is 0 Å². The summed E-state index contributed by atoms with van der Waals surface area (Å²) in [6.07, 6.45) is 0.719. The second-order valence-corrected chi connectivity index (χ2v) is 8.95. The van der Waals surface area contributed by atoms with Gasteiger partial charge in [-0.05, 0) is 41.8 Å². The molecule has 8 heteroatoms. The van der Waals surface area contributed by atoms with Crippen molar-refractivity contribution in [3.05, 3.63) is 48.0 Å². The van der Waals surface area contributed by atoms with Crippen LogP contribution in [0.25, 0.3) is 11.1 Å². The van der Waals surface area contributed by atoms with Crippen molar-refractivity contribution in [2.24, 2.45) is 0 Å². The van der Waals surface area contributed by atoms with Gasteiger partial charge in [0.2, 0.25) is 5.91 Å². The maximum Gasteiger partial charge on any atom is 0.251 e. The van der Waals surface area contributed by atoms with E-state index in [2.05, 4.69) is 28.8 Å². The molecule has 1 fully saturated rings. The van der Waals surface area contributed by atoms with E-state index in [-0.39, 0.29) is 11.8 Å². The summed E-state index contributed by atoms with van der Waals surface area (Å²) in [6.45, 7) is 1.82. The summed E-state index contributed by atoms with van der Waals surface area (Å²) in [4.78, 5) is 27.3. The van der Waals surface area contributed by atoms with Gasteiger partial charge in [-0.1, -0.05) is 30.3 Å². The van der Waals surface area contributed by atoms with E-state index in [4.69, 9.17) is 4.74 Å². The van der Waals surface area contributed by atoms with Crippen LogP contribution in [-0.4, -0.2) is 56.5 Å². The molecule has 2 heterocycles. The van der Waals surface area contributed by atoms with Gasteiger partial charge in [0.05, 0.1) is 17.5 Å². The van der Waals surface area contributed by atoms with Crippen molar-refractivity contribution < 1.29 is 14.3 Å². The average molecular weight is 451 g/mol. The first-order chi connectivity index (χ1) is 15.5. The largest absolute Gasteiger partial charge is 0.367 e. The Kier molecular flexibility index (Phi) is 7.10. The van der Waals surface area contributed by atoms with Crippen LogP contribution in [-0.2, 0) is 20.7 Å².